The predicted octanol–water partition coefficient (Wildman–Crippen LogP) is 2.31. The maximum atomic E-state index is 9.68. The van der Waals surface area contributed by atoms with Crippen molar-refractivity contribution in [2.75, 3.05) is 0 Å². The van der Waals surface area contributed by atoms with Gasteiger partial charge in [0.1, 0.15) is 0 Å². The van der Waals surface area contributed by atoms with E-state index in [0.717, 1.165) is 5.92 Å². The molecule has 3 atom stereocenters. The van der Waals surface area contributed by atoms with E-state index in [0.29, 0.717) is 0 Å². The highest BCUT2D eigenvalue weighted by molar-refractivity contribution is 5.02. The van der Waals surface area contributed by atoms with Crippen LogP contribution < -0.4 is 0 Å². The molecule has 2 rings (SSSR count). The van der Waals surface area contributed by atoms with Crippen molar-refractivity contribution in [2.45, 2.75) is 57.8 Å². The summed E-state index contributed by atoms with van der Waals surface area (Å²) in [4.78, 5) is 0. The van der Waals surface area contributed by atoms with Crippen molar-refractivity contribution in [3.8, 4) is 0 Å². The van der Waals surface area contributed by atoms with Gasteiger partial charge in [0.2, 0.25) is 0 Å². The average Bonchev–Trinajstić information content (AvgIpc) is 2.31. The van der Waals surface area contributed by atoms with E-state index in [2.05, 4.69) is 0 Å². The summed E-state index contributed by atoms with van der Waals surface area (Å²) < 4.78 is 5.81. The van der Waals surface area contributed by atoms with Gasteiger partial charge in [-0.2, -0.15) is 0 Å². The minimum atomic E-state index is -0.555. The van der Waals surface area contributed by atoms with Crippen molar-refractivity contribution in [3.63, 3.8) is 0 Å². The fraction of sp³-hybridized carbons (Fsp3) is 1.00. The fourth-order valence-corrected chi connectivity index (χ4v) is 2.65. The molecule has 2 saturated carbocycles. The van der Waals surface area contributed by atoms with Crippen molar-refractivity contribution in [1.29, 1.82) is 0 Å². The molecule has 0 amide bonds. The molecule has 0 radical (unpaired) electrons. The van der Waals surface area contributed by atoms with E-state index in [-0.39, 0.29) is 11.5 Å². The van der Waals surface area contributed by atoms with Crippen LogP contribution in [0.1, 0.15) is 46.0 Å². The highest BCUT2D eigenvalue weighted by Gasteiger charge is 2.51. The third-order valence-corrected chi connectivity index (χ3v) is 3.74. The van der Waals surface area contributed by atoms with Crippen LogP contribution in [0.3, 0.4) is 0 Å². The number of rotatable bonds is 3. The summed E-state index contributed by atoms with van der Waals surface area (Å²) in [6.45, 7) is 4.01. The minimum Gasteiger partial charge on any atom is -0.368 e. The van der Waals surface area contributed by atoms with Crippen LogP contribution in [-0.4, -0.2) is 17.0 Å². The van der Waals surface area contributed by atoms with Gasteiger partial charge >= 0.3 is 0 Å². The summed E-state index contributed by atoms with van der Waals surface area (Å²) in [6.07, 6.45) is 5.69. The second kappa shape index (κ2) is 3.25. The first kappa shape index (κ1) is 9.47. The summed E-state index contributed by atoms with van der Waals surface area (Å²) in [7, 11) is 0. The Morgan fingerprint density at radius 1 is 1.31 bits per heavy atom. The van der Waals surface area contributed by atoms with Gasteiger partial charge in [-0.3, -0.25) is 0 Å². The van der Waals surface area contributed by atoms with E-state index in [9.17, 15) is 5.11 Å². The minimum absolute atomic E-state index is 0.0870. The maximum Gasteiger partial charge on any atom is 0.157 e. The molecule has 13 heavy (non-hydrogen) atoms. The van der Waals surface area contributed by atoms with E-state index >= 15 is 0 Å². The van der Waals surface area contributed by atoms with Crippen LogP contribution >= 0.6 is 0 Å². The van der Waals surface area contributed by atoms with Crippen LogP contribution in [0, 0.1) is 11.8 Å². The first-order valence-electron chi connectivity index (χ1n) is 5.50. The van der Waals surface area contributed by atoms with Crippen molar-refractivity contribution >= 4 is 0 Å². The number of hydrogen-bond acceptors (Lipinski definition) is 2. The van der Waals surface area contributed by atoms with E-state index in [1.165, 1.54) is 32.1 Å². The Hall–Kier alpha value is -0.0800. The number of fused-ring (bicyclic) bond motifs is 1. The highest BCUT2D eigenvalue weighted by atomic mass is 16.6. The Morgan fingerprint density at radius 3 is 2.54 bits per heavy atom. The molecule has 3 unspecified atom stereocenters. The molecule has 0 aromatic rings. The molecule has 2 heteroatoms. The topological polar surface area (TPSA) is 29.5 Å². The van der Waals surface area contributed by atoms with Gasteiger partial charge in [-0.15, -0.1) is 0 Å². The van der Waals surface area contributed by atoms with Gasteiger partial charge in [-0.1, -0.05) is 20.3 Å². The zero-order valence-corrected chi connectivity index (χ0v) is 8.62. The summed E-state index contributed by atoms with van der Waals surface area (Å²) in [5, 5.41) is 9.68. The zero-order chi connectivity index (χ0) is 9.47. The third-order valence-electron chi connectivity index (χ3n) is 3.74. The molecule has 2 aliphatic rings. The summed E-state index contributed by atoms with van der Waals surface area (Å²) in [5.41, 5.74) is 0.0870. The van der Waals surface area contributed by atoms with Crippen LogP contribution in [0.2, 0.25) is 0 Å². The monoisotopic (exact) mass is 184 g/mol. The van der Waals surface area contributed by atoms with Crippen LogP contribution in [0.5, 0.6) is 0 Å². The van der Waals surface area contributed by atoms with E-state index in [1.54, 1.807) is 0 Å². The summed E-state index contributed by atoms with van der Waals surface area (Å²) in [5.74, 6) is 0.970. The normalized spacial score (nSPS) is 40.2. The predicted molar refractivity (Wildman–Crippen MR) is 51.2 cm³/mol. The van der Waals surface area contributed by atoms with Crippen LogP contribution in [0.25, 0.3) is 0 Å². The molecule has 0 aliphatic heterocycles. The zero-order valence-electron chi connectivity index (χ0n) is 8.62. The van der Waals surface area contributed by atoms with Gasteiger partial charge in [0.05, 0.1) is 5.60 Å². The average molecular weight is 184 g/mol. The fourth-order valence-electron chi connectivity index (χ4n) is 2.65. The second-order valence-corrected chi connectivity index (χ2v) is 4.95. The Labute approximate surface area is 80.3 Å². The van der Waals surface area contributed by atoms with Gasteiger partial charge < -0.3 is 9.84 Å². The van der Waals surface area contributed by atoms with E-state index < -0.39 is 6.29 Å². The van der Waals surface area contributed by atoms with Gasteiger partial charge in [-0.05, 0) is 31.6 Å². The Kier molecular flexibility index (Phi) is 2.37. The molecule has 0 heterocycles. The van der Waals surface area contributed by atoms with Crippen molar-refractivity contribution in [2.24, 2.45) is 11.8 Å². The number of aliphatic hydroxyl groups is 1. The highest BCUT2D eigenvalue weighted by Crippen LogP contribution is 2.53. The van der Waals surface area contributed by atoms with E-state index in [1.807, 2.05) is 13.8 Å². The van der Waals surface area contributed by atoms with E-state index in [4.69, 9.17) is 4.74 Å². The lowest BCUT2D eigenvalue weighted by Gasteiger charge is -2.46. The SMILES string of the molecule is CC(C)C(O)OC12CCCC1CC2. The molecule has 2 fully saturated rings. The molecule has 0 aromatic carbocycles. The van der Waals surface area contributed by atoms with Crippen molar-refractivity contribution < 1.29 is 9.84 Å². The molecule has 0 spiro atoms. The molecule has 1 N–H and O–H groups in total. The molecule has 0 bridgehead atoms. The molecule has 76 valence electrons. The van der Waals surface area contributed by atoms with Gasteiger partial charge in [-0.25, -0.2) is 0 Å². The Morgan fingerprint density at radius 2 is 2.08 bits per heavy atom. The van der Waals surface area contributed by atoms with Crippen LogP contribution in [-0.2, 0) is 4.74 Å². The number of aliphatic hydroxyl groups excluding tert-OH is 1. The number of hydrogen-bond donors (Lipinski definition) is 1. The lowest BCUT2D eigenvalue weighted by atomic mass is 9.71. The Balaban J connectivity index is 1.93. The molecular formula is C11H20O2. The van der Waals surface area contributed by atoms with Crippen LogP contribution in [0.15, 0.2) is 0 Å². The first-order valence-corrected chi connectivity index (χ1v) is 5.50. The molecular weight excluding hydrogens is 164 g/mol. The Bertz CT molecular complexity index is 191. The van der Waals surface area contributed by atoms with Crippen LogP contribution in [0.4, 0.5) is 0 Å². The molecule has 2 nitrogen and oxygen atoms in total. The summed E-state index contributed by atoms with van der Waals surface area (Å²) in [6, 6.07) is 0. The quantitative estimate of drug-likeness (QED) is 0.682. The first-order chi connectivity index (χ1) is 6.14. The molecule has 0 saturated heterocycles. The van der Waals surface area contributed by atoms with Gasteiger partial charge in [0.25, 0.3) is 0 Å². The lowest BCUT2D eigenvalue weighted by Crippen LogP contribution is -2.48. The molecule has 0 aromatic heterocycles. The second-order valence-electron chi connectivity index (χ2n) is 4.95. The van der Waals surface area contributed by atoms with Gasteiger partial charge in [0, 0.05) is 5.92 Å². The smallest absolute Gasteiger partial charge is 0.157 e. The largest absolute Gasteiger partial charge is 0.368 e. The van der Waals surface area contributed by atoms with Crippen molar-refractivity contribution in [3.05, 3.63) is 0 Å². The number of ether oxygens (including phenoxy) is 1. The standard InChI is InChI=1S/C11H20O2/c1-8(2)10(12)13-11-6-3-4-9(11)5-7-11/h8-10,12H,3-7H2,1-2H3. The summed E-state index contributed by atoms with van der Waals surface area (Å²) >= 11 is 0. The van der Waals surface area contributed by atoms with Crippen molar-refractivity contribution in [1.82, 2.24) is 0 Å². The van der Waals surface area contributed by atoms with Gasteiger partial charge in [0.15, 0.2) is 6.29 Å². The third kappa shape index (κ3) is 1.50. The lowest BCUT2D eigenvalue weighted by molar-refractivity contribution is -0.244. The maximum absolute atomic E-state index is 9.68. The molecule has 2 aliphatic carbocycles.